The minimum atomic E-state index is -0.702. The molecule has 1 aliphatic carbocycles. The molecular formula is C15H18N4O2. The second-order valence-corrected chi connectivity index (χ2v) is 5.91. The van der Waals surface area contributed by atoms with Gasteiger partial charge in [-0.2, -0.15) is 0 Å². The van der Waals surface area contributed by atoms with Gasteiger partial charge >= 0.3 is 0 Å². The number of aromatic nitrogens is 3. The van der Waals surface area contributed by atoms with Gasteiger partial charge in [-0.1, -0.05) is 0 Å². The zero-order valence-corrected chi connectivity index (χ0v) is 12.1. The van der Waals surface area contributed by atoms with Gasteiger partial charge in [0.05, 0.1) is 17.5 Å². The van der Waals surface area contributed by atoms with E-state index in [9.17, 15) is 9.90 Å². The van der Waals surface area contributed by atoms with E-state index >= 15 is 0 Å². The molecule has 0 radical (unpaired) electrons. The molecule has 2 aromatic heterocycles. The van der Waals surface area contributed by atoms with E-state index in [1.54, 1.807) is 24.0 Å². The summed E-state index contributed by atoms with van der Waals surface area (Å²) in [6, 6.07) is 3.73. The number of rotatable bonds is 3. The molecule has 6 nitrogen and oxygen atoms in total. The van der Waals surface area contributed by atoms with Crippen LogP contribution in [0.4, 0.5) is 5.82 Å². The zero-order valence-electron chi connectivity index (χ0n) is 12.1. The van der Waals surface area contributed by atoms with E-state index < -0.39 is 5.60 Å². The van der Waals surface area contributed by atoms with E-state index in [2.05, 4.69) is 15.4 Å². The lowest BCUT2D eigenvalue weighted by Crippen LogP contribution is -2.46. The fraction of sp³-hybridized carbons (Fsp3) is 0.400. The van der Waals surface area contributed by atoms with Crippen molar-refractivity contribution in [3.05, 3.63) is 36.3 Å². The molecule has 110 valence electrons. The first-order valence-corrected chi connectivity index (χ1v) is 6.94. The Balaban J connectivity index is 1.72. The van der Waals surface area contributed by atoms with Crippen LogP contribution < -0.4 is 5.32 Å². The van der Waals surface area contributed by atoms with Crippen LogP contribution in [0, 0.1) is 12.8 Å². The van der Waals surface area contributed by atoms with Crippen molar-refractivity contribution in [3.63, 3.8) is 0 Å². The Morgan fingerprint density at radius 3 is 2.90 bits per heavy atom. The SMILES string of the molecule is Cc1cn(-c2cccnc2)nc1NC(=O)C1CC(C)(O)C1. The van der Waals surface area contributed by atoms with Crippen LogP contribution in [0.25, 0.3) is 5.69 Å². The molecule has 2 heterocycles. The zero-order chi connectivity index (χ0) is 15.0. The average molecular weight is 286 g/mol. The summed E-state index contributed by atoms with van der Waals surface area (Å²) in [7, 11) is 0. The highest BCUT2D eigenvalue weighted by Crippen LogP contribution is 2.37. The monoisotopic (exact) mass is 286 g/mol. The number of nitrogens with one attached hydrogen (secondary N) is 1. The Morgan fingerprint density at radius 1 is 1.52 bits per heavy atom. The number of hydrogen-bond donors (Lipinski definition) is 2. The summed E-state index contributed by atoms with van der Waals surface area (Å²) in [6.45, 7) is 3.64. The number of carbonyl (C=O) groups excluding carboxylic acids is 1. The third-order valence-electron chi connectivity index (χ3n) is 3.79. The summed E-state index contributed by atoms with van der Waals surface area (Å²) in [5.41, 5.74) is 1.03. The summed E-state index contributed by atoms with van der Waals surface area (Å²) >= 11 is 0. The van der Waals surface area contributed by atoms with Crippen molar-refractivity contribution in [3.8, 4) is 5.69 Å². The van der Waals surface area contributed by atoms with Crippen molar-refractivity contribution in [1.29, 1.82) is 0 Å². The Morgan fingerprint density at radius 2 is 2.29 bits per heavy atom. The molecule has 2 N–H and O–H groups in total. The third-order valence-corrected chi connectivity index (χ3v) is 3.79. The Kier molecular flexibility index (Phi) is 3.25. The van der Waals surface area contributed by atoms with E-state index in [1.807, 2.05) is 25.3 Å². The lowest BCUT2D eigenvalue weighted by atomic mass is 9.72. The standard InChI is InChI=1S/C15H18N4O2/c1-10-9-19(12-4-3-5-16-8-12)18-13(10)17-14(20)11-6-15(2,21)7-11/h3-5,8-9,11,21H,6-7H2,1-2H3,(H,17,18,20). The fourth-order valence-electron chi connectivity index (χ4n) is 2.61. The molecule has 0 aliphatic heterocycles. The largest absolute Gasteiger partial charge is 0.390 e. The highest BCUT2D eigenvalue weighted by Gasteiger charge is 2.42. The van der Waals surface area contributed by atoms with Crippen molar-refractivity contribution in [1.82, 2.24) is 14.8 Å². The molecule has 1 aliphatic rings. The molecule has 1 amide bonds. The van der Waals surface area contributed by atoms with E-state index in [0.717, 1.165) is 11.3 Å². The Labute approximate surface area is 122 Å². The van der Waals surface area contributed by atoms with Crippen molar-refractivity contribution in [2.24, 2.45) is 5.92 Å². The van der Waals surface area contributed by atoms with Crippen molar-refractivity contribution in [2.45, 2.75) is 32.3 Å². The first-order chi connectivity index (χ1) is 9.94. The number of carbonyl (C=O) groups is 1. The van der Waals surface area contributed by atoms with Crippen LogP contribution >= 0.6 is 0 Å². The first kappa shape index (κ1) is 13.8. The van der Waals surface area contributed by atoms with Gasteiger partial charge < -0.3 is 10.4 Å². The highest BCUT2D eigenvalue weighted by molar-refractivity contribution is 5.93. The summed E-state index contributed by atoms with van der Waals surface area (Å²) in [5.74, 6) is 0.333. The molecule has 0 aromatic carbocycles. The van der Waals surface area contributed by atoms with E-state index in [0.29, 0.717) is 18.7 Å². The average Bonchev–Trinajstić information content (AvgIpc) is 2.78. The maximum atomic E-state index is 12.1. The summed E-state index contributed by atoms with van der Waals surface area (Å²) in [5, 5.41) is 16.9. The first-order valence-electron chi connectivity index (χ1n) is 6.94. The van der Waals surface area contributed by atoms with Crippen molar-refractivity contribution in [2.75, 3.05) is 5.32 Å². The van der Waals surface area contributed by atoms with Gasteiger partial charge in [0.1, 0.15) is 0 Å². The molecule has 0 unspecified atom stereocenters. The predicted molar refractivity (Wildman–Crippen MR) is 78.1 cm³/mol. The van der Waals surface area contributed by atoms with Gasteiger partial charge in [-0.15, -0.1) is 5.10 Å². The fourth-order valence-corrected chi connectivity index (χ4v) is 2.61. The van der Waals surface area contributed by atoms with Crippen molar-refractivity contribution < 1.29 is 9.90 Å². The number of pyridine rings is 1. The van der Waals surface area contributed by atoms with E-state index in [-0.39, 0.29) is 11.8 Å². The molecule has 3 rings (SSSR count). The van der Waals surface area contributed by atoms with Crippen molar-refractivity contribution >= 4 is 11.7 Å². The molecule has 0 saturated heterocycles. The van der Waals surface area contributed by atoms with Gasteiger partial charge in [0.25, 0.3) is 0 Å². The van der Waals surface area contributed by atoms with Gasteiger partial charge in [-0.25, -0.2) is 4.68 Å². The molecule has 2 aromatic rings. The normalized spacial score (nSPS) is 24.4. The summed E-state index contributed by atoms with van der Waals surface area (Å²) in [6.07, 6.45) is 6.26. The quantitative estimate of drug-likeness (QED) is 0.899. The smallest absolute Gasteiger partial charge is 0.228 e. The molecule has 0 atom stereocenters. The summed E-state index contributed by atoms with van der Waals surface area (Å²) < 4.78 is 1.69. The lowest BCUT2D eigenvalue weighted by Gasteiger charge is -2.39. The second kappa shape index (κ2) is 4.96. The topological polar surface area (TPSA) is 80.0 Å². The van der Waals surface area contributed by atoms with E-state index in [1.165, 1.54) is 0 Å². The van der Waals surface area contributed by atoms with Crippen LogP contribution in [-0.2, 0) is 4.79 Å². The number of aryl methyl sites for hydroxylation is 1. The van der Waals surface area contributed by atoms with Crippen LogP contribution in [0.15, 0.2) is 30.7 Å². The van der Waals surface area contributed by atoms with Gasteiger partial charge in [0, 0.05) is 23.9 Å². The summed E-state index contributed by atoms with van der Waals surface area (Å²) in [4.78, 5) is 16.1. The number of hydrogen-bond acceptors (Lipinski definition) is 4. The number of nitrogens with zero attached hydrogens (tertiary/aromatic N) is 3. The van der Waals surface area contributed by atoms with Crippen LogP contribution in [-0.4, -0.2) is 31.4 Å². The minimum Gasteiger partial charge on any atom is -0.390 e. The maximum absolute atomic E-state index is 12.1. The highest BCUT2D eigenvalue weighted by atomic mass is 16.3. The minimum absolute atomic E-state index is 0.0824. The lowest BCUT2D eigenvalue weighted by molar-refractivity contribution is -0.133. The third kappa shape index (κ3) is 2.80. The Bertz CT molecular complexity index is 656. The van der Waals surface area contributed by atoms with Crippen LogP contribution in [0.1, 0.15) is 25.3 Å². The molecule has 0 bridgehead atoms. The number of amides is 1. The van der Waals surface area contributed by atoms with Crippen LogP contribution in [0.5, 0.6) is 0 Å². The van der Waals surface area contributed by atoms with Gasteiger partial charge in [0.2, 0.25) is 5.91 Å². The molecule has 1 saturated carbocycles. The molecule has 6 heteroatoms. The number of anilines is 1. The van der Waals surface area contributed by atoms with Gasteiger partial charge in [0.15, 0.2) is 5.82 Å². The van der Waals surface area contributed by atoms with Gasteiger partial charge in [-0.05, 0) is 38.8 Å². The molecule has 0 spiro atoms. The molecule has 21 heavy (non-hydrogen) atoms. The van der Waals surface area contributed by atoms with Crippen LogP contribution in [0.3, 0.4) is 0 Å². The Hall–Kier alpha value is -2.21. The van der Waals surface area contributed by atoms with Crippen LogP contribution in [0.2, 0.25) is 0 Å². The van der Waals surface area contributed by atoms with E-state index in [4.69, 9.17) is 0 Å². The molecular weight excluding hydrogens is 268 g/mol. The molecule has 1 fully saturated rings. The van der Waals surface area contributed by atoms with Gasteiger partial charge in [-0.3, -0.25) is 9.78 Å². The second-order valence-electron chi connectivity index (χ2n) is 5.91. The predicted octanol–water partition coefficient (Wildman–Crippen LogP) is 1.68. The maximum Gasteiger partial charge on any atom is 0.228 e. The number of aliphatic hydroxyl groups is 1.